The summed E-state index contributed by atoms with van der Waals surface area (Å²) in [6, 6.07) is 8.99. The first-order chi connectivity index (χ1) is 13.2. The number of aryl methyl sites for hydroxylation is 1. The summed E-state index contributed by atoms with van der Waals surface area (Å²) in [7, 11) is 2.12. The van der Waals surface area contributed by atoms with Gasteiger partial charge in [0, 0.05) is 64.5 Å². The average Bonchev–Trinajstić information content (AvgIpc) is 3.16. The van der Waals surface area contributed by atoms with Gasteiger partial charge in [-0.25, -0.2) is 0 Å². The third-order valence-corrected chi connectivity index (χ3v) is 5.67. The first-order valence-corrected chi connectivity index (χ1v) is 9.96. The van der Waals surface area contributed by atoms with E-state index >= 15 is 0 Å². The molecule has 1 unspecified atom stereocenters. The van der Waals surface area contributed by atoms with Crippen molar-refractivity contribution in [1.29, 1.82) is 0 Å². The molecule has 146 valence electrons. The molecule has 7 nitrogen and oxygen atoms in total. The number of aromatic nitrogens is 2. The Labute approximate surface area is 161 Å². The zero-order valence-corrected chi connectivity index (χ0v) is 16.4. The number of hydrogen-bond donors (Lipinski definition) is 1. The van der Waals surface area contributed by atoms with Crippen molar-refractivity contribution in [1.82, 2.24) is 25.3 Å². The van der Waals surface area contributed by atoms with Gasteiger partial charge in [0.2, 0.25) is 5.89 Å². The zero-order chi connectivity index (χ0) is 18.6. The molecule has 0 spiro atoms. The molecule has 0 amide bonds. The van der Waals surface area contributed by atoms with E-state index in [9.17, 15) is 0 Å². The van der Waals surface area contributed by atoms with Crippen molar-refractivity contribution < 1.29 is 4.52 Å². The average molecular weight is 371 g/mol. The van der Waals surface area contributed by atoms with Crippen LogP contribution in [0.4, 0.5) is 5.69 Å². The van der Waals surface area contributed by atoms with Gasteiger partial charge in [-0.3, -0.25) is 9.80 Å². The number of rotatable bonds is 5. The van der Waals surface area contributed by atoms with Gasteiger partial charge in [0.15, 0.2) is 5.82 Å². The Hall–Kier alpha value is -1.96. The van der Waals surface area contributed by atoms with E-state index in [2.05, 4.69) is 68.4 Å². The maximum Gasteiger partial charge on any atom is 0.227 e. The van der Waals surface area contributed by atoms with E-state index in [0.717, 1.165) is 70.5 Å². The van der Waals surface area contributed by atoms with Gasteiger partial charge in [-0.05, 0) is 31.7 Å². The normalized spacial score (nSPS) is 22.3. The Kier molecular flexibility index (Phi) is 5.71. The highest BCUT2D eigenvalue weighted by Gasteiger charge is 2.25. The van der Waals surface area contributed by atoms with Gasteiger partial charge in [0.05, 0.1) is 6.04 Å². The second-order valence-electron chi connectivity index (χ2n) is 7.66. The second-order valence-corrected chi connectivity index (χ2v) is 7.66. The quantitative estimate of drug-likeness (QED) is 0.852. The Bertz CT molecular complexity index is 740. The SMILES string of the molecule is Cc1cccc(N2CCN(CCc3nc(C4CNCCN4C)no3)CC2)c1. The molecule has 2 fully saturated rings. The maximum atomic E-state index is 5.51. The molecule has 1 aromatic heterocycles. The van der Waals surface area contributed by atoms with Crippen LogP contribution in [-0.4, -0.2) is 79.3 Å². The van der Waals surface area contributed by atoms with Crippen LogP contribution in [0.15, 0.2) is 28.8 Å². The third-order valence-electron chi connectivity index (χ3n) is 5.67. The van der Waals surface area contributed by atoms with Crippen LogP contribution in [0.1, 0.15) is 23.3 Å². The van der Waals surface area contributed by atoms with Crippen LogP contribution in [-0.2, 0) is 6.42 Å². The summed E-state index contributed by atoms with van der Waals surface area (Å²) in [6.07, 6.45) is 0.821. The van der Waals surface area contributed by atoms with Gasteiger partial charge >= 0.3 is 0 Å². The van der Waals surface area contributed by atoms with Gasteiger partial charge in [0.25, 0.3) is 0 Å². The van der Waals surface area contributed by atoms with Crippen molar-refractivity contribution in [3.8, 4) is 0 Å². The van der Waals surface area contributed by atoms with E-state index in [1.165, 1.54) is 11.3 Å². The highest BCUT2D eigenvalue weighted by Crippen LogP contribution is 2.19. The molecule has 2 aliphatic rings. The summed E-state index contributed by atoms with van der Waals surface area (Å²) in [5.41, 5.74) is 2.65. The van der Waals surface area contributed by atoms with Gasteiger partial charge in [-0.1, -0.05) is 17.3 Å². The number of hydrogen-bond acceptors (Lipinski definition) is 7. The van der Waals surface area contributed by atoms with Crippen molar-refractivity contribution in [2.24, 2.45) is 0 Å². The van der Waals surface area contributed by atoms with Crippen LogP contribution >= 0.6 is 0 Å². The predicted molar refractivity (Wildman–Crippen MR) is 106 cm³/mol. The van der Waals surface area contributed by atoms with E-state index in [1.807, 2.05) is 0 Å². The lowest BCUT2D eigenvalue weighted by Crippen LogP contribution is -2.47. The molecule has 4 rings (SSSR count). The Balaban J connectivity index is 1.26. The first kappa shape index (κ1) is 18.4. The van der Waals surface area contributed by atoms with Crippen molar-refractivity contribution in [2.45, 2.75) is 19.4 Å². The van der Waals surface area contributed by atoms with Crippen molar-refractivity contribution in [3.05, 3.63) is 41.5 Å². The zero-order valence-electron chi connectivity index (χ0n) is 16.4. The number of nitrogens with one attached hydrogen (secondary N) is 1. The van der Waals surface area contributed by atoms with Gasteiger partial charge in [-0.2, -0.15) is 4.98 Å². The summed E-state index contributed by atoms with van der Waals surface area (Å²) >= 11 is 0. The molecule has 27 heavy (non-hydrogen) atoms. The molecule has 2 aromatic rings. The Morgan fingerprint density at radius 2 is 2.04 bits per heavy atom. The predicted octanol–water partition coefficient (Wildman–Crippen LogP) is 1.32. The Morgan fingerprint density at radius 1 is 1.19 bits per heavy atom. The minimum absolute atomic E-state index is 0.217. The fraction of sp³-hybridized carbons (Fsp3) is 0.600. The van der Waals surface area contributed by atoms with E-state index in [1.54, 1.807) is 0 Å². The highest BCUT2D eigenvalue weighted by molar-refractivity contribution is 5.48. The smallest absolute Gasteiger partial charge is 0.227 e. The van der Waals surface area contributed by atoms with E-state index < -0.39 is 0 Å². The summed E-state index contributed by atoms with van der Waals surface area (Å²) in [5, 5.41) is 7.62. The molecule has 0 radical (unpaired) electrons. The van der Waals surface area contributed by atoms with Crippen LogP contribution in [0.2, 0.25) is 0 Å². The monoisotopic (exact) mass is 370 g/mol. The lowest BCUT2D eigenvalue weighted by atomic mass is 10.2. The molecule has 7 heteroatoms. The number of likely N-dealkylation sites (N-methyl/N-ethyl adjacent to an activating group) is 1. The highest BCUT2D eigenvalue weighted by atomic mass is 16.5. The molecule has 2 saturated heterocycles. The molecule has 1 aromatic carbocycles. The summed E-state index contributed by atoms with van der Waals surface area (Å²) < 4.78 is 5.51. The van der Waals surface area contributed by atoms with Crippen LogP contribution in [0.5, 0.6) is 0 Å². The molecule has 0 saturated carbocycles. The molecule has 0 bridgehead atoms. The van der Waals surface area contributed by atoms with E-state index in [0.29, 0.717) is 0 Å². The number of benzene rings is 1. The van der Waals surface area contributed by atoms with Gasteiger partial charge in [-0.15, -0.1) is 0 Å². The third kappa shape index (κ3) is 4.48. The molecular weight excluding hydrogens is 340 g/mol. The minimum Gasteiger partial charge on any atom is -0.369 e. The van der Waals surface area contributed by atoms with E-state index in [-0.39, 0.29) is 6.04 Å². The largest absolute Gasteiger partial charge is 0.369 e. The molecular formula is C20H30N6O. The summed E-state index contributed by atoms with van der Waals surface area (Å²) in [6.45, 7) is 10.3. The molecule has 3 heterocycles. The fourth-order valence-electron chi connectivity index (χ4n) is 3.91. The van der Waals surface area contributed by atoms with E-state index in [4.69, 9.17) is 4.52 Å². The summed E-state index contributed by atoms with van der Waals surface area (Å²) in [5.74, 6) is 1.56. The van der Waals surface area contributed by atoms with Crippen LogP contribution < -0.4 is 10.2 Å². The number of nitrogens with zero attached hydrogens (tertiary/aromatic N) is 5. The van der Waals surface area contributed by atoms with Crippen molar-refractivity contribution in [2.75, 3.05) is 64.3 Å². The topological polar surface area (TPSA) is 60.7 Å². The molecule has 2 aliphatic heterocycles. The van der Waals surface area contributed by atoms with Crippen LogP contribution in [0.25, 0.3) is 0 Å². The Morgan fingerprint density at radius 3 is 2.81 bits per heavy atom. The van der Waals surface area contributed by atoms with Crippen LogP contribution in [0, 0.1) is 6.92 Å². The van der Waals surface area contributed by atoms with Gasteiger partial charge in [0.1, 0.15) is 0 Å². The second kappa shape index (κ2) is 8.37. The van der Waals surface area contributed by atoms with Crippen LogP contribution in [0.3, 0.4) is 0 Å². The van der Waals surface area contributed by atoms with Gasteiger partial charge < -0.3 is 14.7 Å². The minimum atomic E-state index is 0.217. The summed E-state index contributed by atoms with van der Waals surface area (Å²) in [4.78, 5) is 11.9. The van der Waals surface area contributed by atoms with Crippen molar-refractivity contribution >= 4 is 5.69 Å². The maximum absolute atomic E-state index is 5.51. The first-order valence-electron chi connectivity index (χ1n) is 9.96. The molecule has 1 N–H and O–H groups in total. The fourth-order valence-corrected chi connectivity index (χ4v) is 3.91. The van der Waals surface area contributed by atoms with Crippen molar-refractivity contribution in [3.63, 3.8) is 0 Å². The lowest BCUT2D eigenvalue weighted by molar-refractivity contribution is 0.190. The lowest BCUT2D eigenvalue weighted by Gasteiger charge is -2.36. The standard InChI is InChI=1S/C20H30N6O/c1-16-4-3-5-17(14-16)26-12-10-25(11-13-26)8-6-19-22-20(23-27-19)18-15-21-7-9-24(18)2/h3-5,14,18,21H,6-13,15H2,1-2H3. The molecule has 1 atom stereocenters. The number of piperazine rings is 2. The molecule has 0 aliphatic carbocycles. The number of anilines is 1.